The van der Waals surface area contributed by atoms with Crippen molar-refractivity contribution in [1.82, 2.24) is 5.32 Å². The largest absolute Gasteiger partial charge is 0.354 e. The first kappa shape index (κ1) is 22.1. The number of sulfone groups is 1. The summed E-state index contributed by atoms with van der Waals surface area (Å²) in [5.74, 6) is -2.01. The molecule has 0 saturated heterocycles. The SMILES string of the molecule is CC(CS(=O)(=O)c1ccc(F)cc1)C(=O)NCC(N)c1ccccc1.Cl. The molecule has 2 aromatic carbocycles. The van der Waals surface area contributed by atoms with Crippen LogP contribution in [0.3, 0.4) is 0 Å². The van der Waals surface area contributed by atoms with Crippen molar-refractivity contribution < 1.29 is 17.6 Å². The summed E-state index contributed by atoms with van der Waals surface area (Å²) in [6, 6.07) is 13.5. The molecule has 3 N–H and O–H groups in total. The number of nitrogens with one attached hydrogen (secondary N) is 1. The highest BCUT2D eigenvalue weighted by molar-refractivity contribution is 7.91. The highest BCUT2D eigenvalue weighted by atomic mass is 35.5. The average molecular weight is 401 g/mol. The normalized spacial score (nSPS) is 13.3. The summed E-state index contributed by atoms with van der Waals surface area (Å²) in [5.41, 5.74) is 6.89. The molecule has 0 bridgehead atoms. The van der Waals surface area contributed by atoms with Gasteiger partial charge in [0.2, 0.25) is 5.91 Å². The van der Waals surface area contributed by atoms with Gasteiger partial charge in [-0.3, -0.25) is 4.79 Å². The van der Waals surface area contributed by atoms with Crippen LogP contribution in [0.5, 0.6) is 0 Å². The number of hydrogen-bond acceptors (Lipinski definition) is 4. The van der Waals surface area contributed by atoms with Crippen molar-refractivity contribution in [2.24, 2.45) is 11.7 Å². The van der Waals surface area contributed by atoms with E-state index in [1.807, 2.05) is 30.3 Å². The Kier molecular flexibility index (Phi) is 8.20. The van der Waals surface area contributed by atoms with Gasteiger partial charge >= 0.3 is 0 Å². The molecule has 0 aromatic heterocycles. The van der Waals surface area contributed by atoms with E-state index >= 15 is 0 Å². The number of halogens is 2. The molecule has 142 valence electrons. The molecule has 0 fully saturated rings. The van der Waals surface area contributed by atoms with Gasteiger partial charge in [0.1, 0.15) is 5.82 Å². The molecular formula is C18H22ClFN2O3S. The molecule has 5 nitrogen and oxygen atoms in total. The second-order valence-corrected chi connectivity index (χ2v) is 7.93. The van der Waals surface area contributed by atoms with Gasteiger partial charge in [-0.05, 0) is 29.8 Å². The molecule has 2 unspecified atom stereocenters. The van der Waals surface area contributed by atoms with Crippen LogP contribution in [0.1, 0.15) is 18.5 Å². The van der Waals surface area contributed by atoms with E-state index in [1.165, 1.54) is 19.1 Å². The Balaban J connectivity index is 0.00000338. The van der Waals surface area contributed by atoms with Crippen LogP contribution in [0, 0.1) is 11.7 Å². The van der Waals surface area contributed by atoms with E-state index in [0.717, 1.165) is 17.7 Å². The summed E-state index contributed by atoms with van der Waals surface area (Å²) < 4.78 is 37.5. The van der Waals surface area contributed by atoms with E-state index in [0.29, 0.717) is 0 Å². The van der Waals surface area contributed by atoms with Crippen molar-refractivity contribution in [3.63, 3.8) is 0 Å². The fraction of sp³-hybridized carbons (Fsp3) is 0.278. The molecule has 26 heavy (non-hydrogen) atoms. The minimum Gasteiger partial charge on any atom is -0.354 e. The van der Waals surface area contributed by atoms with Crippen molar-refractivity contribution in [3.8, 4) is 0 Å². The average Bonchev–Trinajstić information content (AvgIpc) is 2.60. The van der Waals surface area contributed by atoms with Crippen LogP contribution in [-0.4, -0.2) is 26.6 Å². The van der Waals surface area contributed by atoms with Crippen LogP contribution in [-0.2, 0) is 14.6 Å². The first-order chi connectivity index (χ1) is 11.8. The molecule has 0 spiro atoms. The maximum Gasteiger partial charge on any atom is 0.223 e. The van der Waals surface area contributed by atoms with Crippen LogP contribution in [0.2, 0.25) is 0 Å². The van der Waals surface area contributed by atoms with Crippen LogP contribution in [0.4, 0.5) is 4.39 Å². The molecule has 0 aliphatic heterocycles. The van der Waals surface area contributed by atoms with E-state index < -0.39 is 27.5 Å². The first-order valence-corrected chi connectivity index (χ1v) is 9.51. The zero-order valence-corrected chi connectivity index (χ0v) is 15.9. The summed E-state index contributed by atoms with van der Waals surface area (Å²) in [4.78, 5) is 12.1. The lowest BCUT2D eigenvalue weighted by molar-refractivity contribution is -0.123. The van der Waals surface area contributed by atoms with Gasteiger partial charge < -0.3 is 11.1 Å². The summed E-state index contributed by atoms with van der Waals surface area (Å²) in [5, 5.41) is 2.68. The van der Waals surface area contributed by atoms with Gasteiger partial charge in [-0.1, -0.05) is 37.3 Å². The zero-order chi connectivity index (χ0) is 18.4. The van der Waals surface area contributed by atoms with Crippen molar-refractivity contribution in [1.29, 1.82) is 0 Å². The van der Waals surface area contributed by atoms with Gasteiger partial charge in [0.25, 0.3) is 0 Å². The van der Waals surface area contributed by atoms with Crippen molar-refractivity contribution >= 4 is 28.2 Å². The molecular weight excluding hydrogens is 379 g/mol. The standard InChI is InChI=1S/C18H21FN2O3S.ClH/c1-13(12-25(23,24)16-9-7-15(19)8-10-16)18(22)21-11-17(20)14-5-3-2-4-6-14;/h2-10,13,17H,11-12,20H2,1H3,(H,21,22);1H. The molecule has 0 heterocycles. The lowest BCUT2D eigenvalue weighted by Crippen LogP contribution is -2.37. The van der Waals surface area contributed by atoms with E-state index in [9.17, 15) is 17.6 Å². The van der Waals surface area contributed by atoms with Gasteiger partial charge in [-0.25, -0.2) is 12.8 Å². The number of benzene rings is 2. The van der Waals surface area contributed by atoms with Gasteiger partial charge in [0, 0.05) is 18.5 Å². The number of amides is 1. The zero-order valence-electron chi connectivity index (χ0n) is 14.3. The van der Waals surface area contributed by atoms with Crippen molar-refractivity contribution in [2.75, 3.05) is 12.3 Å². The summed E-state index contributed by atoms with van der Waals surface area (Å²) in [6.07, 6.45) is 0. The molecule has 0 radical (unpaired) electrons. The van der Waals surface area contributed by atoms with Gasteiger partial charge in [-0.2, -0.15) is 0 Å². The second kappa shape index (κ2) is 9.66. The highest BCUT2D eigenvalue weighted by Crippen LogP contribution is 2.15. The van der Waals surface area contributed by atoms with Gasteiger partial charge in [0.05, 0.1) is 10.6 Å². The van der Waals surface area contributed by atoms with Crippen LogP contribution in [0.15, 0.2) is 59.5 Å². The molecule has 8 heteroatoms. The Morgan fingerprint density at radius 1 is 1.12 bits per heavy atom. The molecule has 0 aliphatic rings. The summed E-state index contributed by atoms with van der Waals surface area (Å²) >= 11 is 0. The van der Waals surface area contributed by atoms with Gasteiger partial charge in [-0.15, -0.1) is 12.4 Å². The maximum atomic E-state index is 12.9. The number of carbonyl (C=O) groups excluding carboxylic acids is 1. The summed E-state index contributed by atoms with van der Waals surface area (Å²) in [7, 11) is -3.67. The lowest BCUT2D eigenvalue weighted by Gasteiger charge is -2.16. The highest BCUT2D eigenvalue weighted by Gasteiger charge is 2.23. The minimum atomic E-state index is -3.67. The monoisotopic (exact) mass is 400 g/mol. The molecule has 0 aliphatic carbocycles. The fourth-order valence-electron chi connectivity index (χ4n) is 2.35. The Morgan fingerprint density at radius 2 is 1.69 bits per heavy atom. The molecule has 2 aromatic rings. The van der Waals surface area contributed by atoms with Gasteiger partial charge in [0.15, 0.2) is 9.84 Å². The smallest absolute Gasteiger partial charge is 0.223 e. The maximum absolute atomic E-state index is 12.9. The Morgan fingerprint density at radius 3 is 2.27 bits per heavy atom. The van der Waals surface area contributed by atoms with Crippen LogP contribution < -0.4 is 11.1 Å². The Labute approximate surface area is 159 Å². The molecule has 1 amide bonds. The third kappa shape index (κ3) is 6.09. The van der Waals surface area contributed by atoms with Crippen LogP contribution in [0.25, 0.3) is 0 Å². The van der Waals surface area contributed by atoms with E-state index in [-0.39, 0.29) is 35.6 Å². The fourth-order valence-corrected chi connectivity index (χ4v) is 3.90. The predicted octanol–water partition coefficient (Wildman–Crippen LogP) is 2.47. The third-order valence-electron chi connectivity index (χ3n) is 3.81. The minimum absolute atomic E-state index is 0. The van der Waals surface area contributed by atoms with E-state index in [2.05, 4.69) is 5.32 Å². The third-order valence-corrected chi connectivity index (χ3v) is 5.74. The number of nitrogens with two attached hydrogens (primary N) is 1. The van der Waals surface area contributed by atoms with Crippen molar-refractivity contribution in [2.45, 2.75) is 17.9 Å². The van der Waals surface area contributed by atoms with Crippen molar-refractivity contribution in [3.05, 3.63) is 66.0 Å². The molecule has 2 atom stereocenters. The number of hydrogen-bond donors (Lipinski definition) is 2. The number of rotatable bonds is 7. The van der Waals surface area contributed by atoms with Crippen LogP contribution >= 0.6 is 12.4 Å². The molecule has 0 saturated carbocycles. The Hall–Kier alpha value is -1.96. The topological polar surface area (TPSA) is 89.3 Å². The first-order valence-electron chi connectivity index (χ1n) is 7.86. The Bertz CT molecular complexity index is 814. The van der Waals surface area contributed by atoms with E-state index in [4.69, 9.17) is 5.73 Å². The molecule has 2 rings (SSSR count). The van der Waals surface area contributed by atoms with E-state index in [1.54, 1.807) is 0 Å². The lowest BCUT2D eigenvalue weighted by atomic mass is 10.1. The number of carbonyl (C=O) groups is 1. The predicted molar refractivity (Wildman–Crippen MR) is 101 cm³/mol. The quantitative estimate of drug-likeness (QED) is 0.699. The second-order valence-electron chi connectivity index (χ2n) is 5.90. The summed E-state index contributed by atoms with van der Waals surface area (Å²) in [6.45, 7) is 1.74.